The largest absolute Gasteiger partial charge is 0.489 e. The maximum absolute atomic E-state index is 13.8. The van der Waals surface area contributed by atoms with Crippen molar-refractivity contribution in [2.45, 2.75) is 71.8 Å². The number of pyridine rings is 1. The lowest BCUT2D eigenvalue weighted by Gasteiger charge is -2.36. The first kappa shape index (κ1) is 43.6. The number of carbonyl (C=O) groups excluding carboxylic acids is 2. The van der Waals surface area contributed by atoms with Crippen LogP contribution in [0.2, 0.25) is 10.0 Å². The summed E-state index contributed by atoms with van der Waals surface area (Å²) in [5, 5.41) is 10.9. The topological polar surface area (TPSA) is 146 Å². The number of aryl methyl sites for hydroxylation is 1. The minimum atomic E-state index is -0.748. The van der Waals surface area contributed by atoms with Crippen LogP contribution in [0.15, 0.2) is 91.1 Å². The normalized spacial score (nSPS) is 15.1. The zero-order chi connectivity index (χ0) is 42.6. The van der Waals surface area contributed by atoms with Gasteiger partial charge in [0, 0.05) is 30.4 Å². The highest BCUT2D eigenvalue weighted by molar-refractivity contribution is 6.42. The highest BCUT2D eigenvalue weighted by atomic mass is 35.5. The summed E-state index contributed by atoms with van der Waals surface area (Å²) in [6.07, 6.45) is 3.41. The number of rotatable bonds is 13. The van der Waals surface area contributed by atoms with Crippen LogP contribution in [0, 0.1) is 13.8 Å². The Hall–Kier alpha value is -5.98. The third kappa shape index (κ3) is 11.2. The summed E-state index contributed by atoms with van der Waals surface area (Å²) in [6.45, 7) is 7.26. The van der Waals surface area contributed by atoms with Crippen LogP contribution in [0.3, 0.4) is 0 Å². The van der Waals surface area contributed by atoms with E-state index in [2.05, 4.69) is 10.3 Å². The molecule has 0 aliphatic carbocycles. The van der Waals surface area contributed by atoms with E-state index in [9.17, 15) is 9.59 Å². The first-order valence-electron chi connectivity index (χ1n) is 19.7. The maximum Gasteiger partial charge on any atom is 0.410 e. The Morgan fingerprint density at radius 3 is 2.38 bits per heavy atom. The predicted molar refractivity (Wildman–Crippen MR) is 227 cm³/mol. The molecule has 2 unspecified atom stereocenters. The number of nitrogens with zero attached hydrogens (tertiary/aromatic N) is 2. The summed E-state index contributed by atoms with van der Waals surface area (Å²) in [4.78, 5) is 41.4. The Bertz CT molecular complexity index is 2270. The van der Waals surface area contributed by atoms with Gasteiger partial charge >= 0.3 is 6.09 Å². The summed E-state index contributed by atoms with van der Waals surface area (Å²) in [6, 6.07) is 25.9. The van der Waals surface area contributed by atoms with Gasteiger partial charge in [0.15, 0.2) is 17.6 Å². The van der Waals surface area contributed by atoms with Crippen LogP contribution in [0.5, 0.6) is 28.7 Å². The van der Waals surface area contributed by atoms with Gasteiger partial charge in [0.05, 0.1) is 23.2 Å². The van der Waals surface area contributed by atoms with Gasteiger partial charge in [0.2, 0.25) is 5.91 Å². The predicted octanol–water partition coefficient (Wildman–Crippen LogP) is 9.61. The van der Waals surface area contributed by atoms with Gasteiger partial charge in [-0.15, -0.1) is 0 Å². The number of hydrogen-bond acceptors (Lipinski definition) is 9. The quantitative estimate of drug-likeness (QED) is 0.0867. The van der Waals surface area contributed by atoms with Gasteiger partial charge in [-0.1, -0.05) is 66.9 Å². The third-order valence-electron chi connectivity index (χ3n) is 10.2. The van der Waals surface area contributed by atoms with Crippen LogP contribution in [0.25, 0.3) is 0 Å². The van der Waals surface area contributed by atoms with Gasteiger partial charge in [0.25, 0.3) is 6.47 Å². The number of ether oxygens (including phenoxy) is 5. The molecule has 0 radical (unpaired) electrons. The summed E-state index contributed by atoms with van der Waals surface area (Å²) >= 11 is 12.2. The Morgan fingerprint density at radius 1 is 0.933 bits per heavy atom. The molecule has 60 heavy (non-hydrogen) atoms. The Labute approximate surface area is 359 Å². The van der Waals surface area contributed by atoms with Gasteiger partial charge in [-0.25, -0.2) is 4.79 Å². The van der Waals surface area contributed by atoms with E-state index < -0.39 is 12.1 Å². The number of aromatic nitrogens is 1. The second-order valence-corrected chi connectivity index (χ2v) is 15.1. The second kappa shape index (κ2) is 20.8. The molecule has 5 aromatic rings. The van der Waals surface area contributed by atoms with Crippen LogP contribution in [0.4, 0.5) is 4.79 Å². The second-order valence-electron chi connectivity index (χ2n) is 14.3. The van der Waals surface area contributed by atoms with Gasteiger partial charge < -0.3 is 34.1 Å². The number of carbonyl (C=O) groups is 3. The Balaban J connectivity index is 0.00000195. The molecule has 0 saturated carbocycles. The van der Waals surface area contributed by atoms with Crippen LogP contribution < -0.4 is 24.3 Å². The monoisotopic (exact) mass is 855 g/mol. The van der Waals surface area contributed by atoms with Crippen molar-refractivity contribution in [3.63, 3.8) is 0 Å². The average molecular weight is 857 g/mol. The van der Waals surface area contributed by atoms with Crippen LogP contribution in [-0.2, 0) is 40.3 Å². The third-order valence-corrected chi connectivity index (χ3v) is 11.0. The van der Waals surface area contributed by atoms with Gasteiger partial charge in [-0.3, -0.25) is 19.5 Å². The SMILES string of the molecule is CCCCOC(=O)N1Cc2cc3c(cc2CC1C(=O)NCCc1ccc(Oc2ccnc(C)c2C)cc1)OCC(c1ccc(OCc2ccc(Cl)c(Cl)c2)cc1)O3.O=CO. The van der Waals surface area contributed by atoms with Crippen molar-refractivity contribution in [1.29, 1.82) is 0 Å². The highest BCUT2D eigenvalue weighted by Crippen LogP contribution is 2.41. The smallest absolute Gasteiger partial charge is 0.410 e. The van der Waals surface area contributed by atoms with Crippen LogP contribution in [0.1, 0.15) is 64.9 Å². The number of fused-ring (bicyclic) bond motifs is 2. The molecular weight excluding hydrogens is 809 g/mol. The highest BCUT2D eigenvalue weighted by Gasteiger charge is 2.37. The molecule has 2 atom stereocenters. The number of amides is 2. The number of halogens is 2. The summed E-state index contributed by atoms with van der Waals surface area (Å²) < 4.78 is 30.3. The van der Waals surface area contributed by atoms with Crippen molar-refractivity contribution in [1.82, 2.24) is 15.2 Å². The van der Waals surface area contributed by atoms with E-state index >= 15 is 0 Å². The standard InChI is InChI=1S/C45H45Cl2N3O7.CH2O2/c1-4-5-20-53-45(52)50-25-34-24-42-41(55-27-43(57-42)32-9-13-35(14-10-32)54-26-31-8-15-37(46)38(47)21-31)23-33(34)22-39(50)44(51)49-18-16-30-6-11-36(12-7-30)56-40-17-19-48-29(3)28(40)2;2-1-3/h6-15,17,19,21,23-24,39,43H,4-5,16,18,20,22,25-27H2,1-3H3,(H,49,51);1H,(H,2,3). The van der Waals surface area contributed by atoms with Crippen molar-refractivity contribution in [3.05, 3.63) is 140 Å². The molecule has 0 spiro atoms. The lowest BCUT2D eigenvalue weighted by Crippen LogP contribution is -2.53. The van der Waals surface area contributed by atoms with Gasteiger partial charge in [-0.2, -0.15) is 0 Å². The molecule has 2 N–H and O–H groups in total. The van der Waals surface area contributed by atoms with E-state index in [1.54, 1.807) is 18.3 Å². The Kier molecular flexibility index (Phi) is 15.1. The number of nitrogens with one attached hydrogen (secondary N) is 1. The van der Waals surface area contributed by atoms with Gasteiger partial charge in [0.1, 0.15) is 36.5 Å². The summed E-state index contributed by atoms with van der Waals surface area (Å²) in [7, 11) is 0. The van der Waals surface area contributed by atoms with Crippen molar-refractivity contribution in [2.75, 3.05) is 19.8 Å². The lowest BCUT2D eigenvalue weighted by molar-refractivity contribution is -0.126. The molecule has 2 aliphatic heterocycles. The first-order chi connectivity index (χ1) is 29.1. The molecule has 2 aliphatic rings. The summed E-state index contributed by atoms with van der Waals surface area (Å²) in [5.41, 5.74) is 6.60. The molecule has 4 aromatic carbocycles. The maximum atomic E-state index is 13.8. The van der Waals surface area contributed by atoms with Crippen molar-refractivity contribution < 1.29 is 43.2 Å². The van der Waals surface area contributed by atoms with E-state index in [0.717, 1.165) is 63.4 Å². The molecule has 12 nitrogen and oxygen atoms in total. The molecule has 14 heteroatoms. The van der Waals surface area contributed by atoms with Crippen LogP contribution >= 0.6 is 23.2 Å². The molecule has 7 rings (SSSR count). The lowest BCUT2D eigenvalue weighted by atomic mass is 9.92. The first-order valence-corrected chi connectivity index (χ1v) is 20.4. The molecule has 3 heterocycles. The minimum Gasteiger partial charge on any atom is -0.489 e. The number of hydrogen-bond donors (Lipinski definition) is 2. The molecule has 314 valence electrons. The number of benzene rings is 4. The van der Waals surface area contributed by atoms with E-state index in [-0.39, 0.29) is 31.6 Å². The zero-order valence-electron chi connectivity index (χ0n) is 33.6. The number of carboxylic acid groups (broad SMARTS) is 1. The molecule has 1 aromatic heterocycles. The van der Waals surface area contributed by atoms with Gasteiger partial charge in [-0.05, 0) is 109 Å². The van der Waals surface area contributed by atoms with Crippen LogP contribution in [-0.4, -0.2) is 59.3 Å². The number of unbranched alkanes of at least 4 members (excludes halogenated alkanes) is 1. The van der Waals surface area contributed by atoms with E-state index in [1.165, 1.54) is 4.90 Å². The fraction of sp³-hybridized carbons (Fsp3) is 0.304. The van der Waals surface area contributed by atoms with E-state index in [0.29, 0.717) is 59.9 Å². The molecule has 0 saturated heterocycles. The summed E-state index contributed by atoms with van der Waals surface area (Å²) in [5.74, 6) is 3.13. The molecule has 0 bridgehead atoms. The van der Waals surface area contributed by atoms with E-state index in [4.69, 9.17) is 56.8 Å². The minimum absolute atomic E-state index is 0.197. The fourth-order valence-corrected chi connectivity index (χ4v) is 7.05. The fourth-order valence-electron chi connectivity index (χ4n) is 6.73. The molecular formula is C46H47Cl2N3O9. The Morgan fingerprint density at radius 2 is 1.65 bits per heavy atom. The molecule has 2 amide bonds. The zero-order valence-corrected chi connectivity index (χ0v) is 35.1. The average Bonchev–Trinajstić information content (AvgIpc) is 3.25. The van der Waals surface area contributed by atoms with Crippen molar-refractivity contribution >= 4 is 41.7 Å². The molecule has 0 fully saturated rings. The van der Waals surface area contributed by atoms with Crippen molar-refractivity contribution in [2.24, 2.45) is 0 Å². The van der Waals surface area contributed by atoms with E-state index in [1.807, 2.05) is 93.6 Å². The van der Waals surface area contributed by atoms with Crippen molar-refractivity contribution in [3.8, 4) is 28.7 Å².